The monoisotopic (exact) mass is 386 g/mol. The molecular formula is C28H50. The molecule has 4 aliphatic rings. The van der Waals surface area contributed by atoms with Gasteiger partial charge in [0.2, 0.25) is 0 Å². The topological polar surface area (TPSA) is 0 Å². The van der Waals surface area contributed by atoms with Crippen LogP contribution >= 0.6 is 0 Å². The summed E-state index contributed by atoms with van der Waals surface area (Å²) >= 11 is 0. The van der Waals surface area contributed by atoms with Gasteiger partial charge >= 0.3 is 0 Å². The van der Waals surface area contributed by atoms with Gasteiger partial charge in [-0.3, -0.25) is 0 Å². The van der Waals surface area contributed by atoms with Gasteiger partial charge < -0.3 is 0 Å². The highest BCUT2D eigenvalue weighted by Crippen LogP contribution is 2.68. The lowest BCUT2D eigenvalue weighted by Crippen LogP contribution is -2.53. The van der Waals surface area contributed by atoms with Crippen molar-refractivity contribution in [3.05, 3.63) is 0 Å². The van der Waals surface area contributed by atoms with E-state index in [-0.39, 0.29) is 0 Å². The minimum Gasteiger partial charge on any atom is -0.0628 e. The van der Waals surface area contributed by atoms with E-state index in [0.29, 0.717) is 10.8 Å². The molecule has 0 bridgehead atoms. The Bertz CT molecular complexity index is 534. The van der Waals surface area contributed by atoms with Crippen molar-refractivity contribution in [1.82, 2.24) is 0 Å². The summed E-state index contributed by atoms with van der Waals surface area (Å²) in [4.78, 5) is 0. The molecular weight excluding hydrogens is 336 g/mol. The molecule has 4 fully saturated rings. The van der Waals surface area contributed by atoms with Gasteiger partial charge in [-0.15, -0.1) is 0 Å². The first-order chi connectivity index (χ1) is 13.3. The molecule has 0 radical (unpaired) electrons. The fourth-order valence-electron chi connectivity index (χ4n) is 9.50. The van der Waals surface area contributed by atoms with Crippen molar-refractivity contribution in [3.63, 3.8) is 0 Å². The smallest absolute Gasteiger partial charge is 0.0264 e. The lowest BCUT2D eigenvalue weighted by molar-refractivity contribution is -0.120. The van der Waals surface area contributed by atoms with Gasteiger partial charge in [0.25, 0.3) is 0 Å². The fourth-order valence-corrected chi connectivity index (χ4v) is 9.50. The molecule has 4 aliphatic carbocycles. The summed E-state index contributed by atoms with van der Waals surface area (Å²) in [5, 5.41) is 0. The second-order valence-corrected chi connectivity index (χ2v) is 13.1. The molecule has 0 aromatic carbocycles. The van der Waals surface area contributed by atoms with E-state index in [1.54, 1.807) is 44.9 Å². The molecule has 162 valence electrons. The summed E-state index contributed by atoms with van der Waals surface area (Å²) in [6.45, 7) is 15.4. The Labute approximate surface area is 177 Å². The third-order valence-corrected chi connectivity index (χ3v) is 11.1. The van der Waals surface area contributed by atoms with Crippen LogP contribution < -0.4 is 0 Å². The Hall–Kier alpha value is 0. The van der Waals surface area contributed by atoms with Crippen LogP contribution in [0.3, 0.4) is 0 Å². The van der Waals surface area contributed by atoms with E-state index >= 15 is 0 Å². The molecule has 0 heterocycles. The largest absolute Gasteiger partial charge is 0.0628 e. The van der Waals surface area contributed by atoms with E-state index < -0.39 is 0 Å². The predicted octanol–water partition coefficient (Wildman–Crippen LogP) is 8.74. The van der Waals surface area contributed by atoms with Crippen molar-refractivity contribution in [2.45, 2.75) is 119 Å². The van der Waals surface area contributed by atoms with Crippen LogP contribution in [0.1, 0.15) is 119 Å². The molecule has 0 spiro atoms. The quantitative estimate of drug-likeness (QED) is 0.443. The lowest BCUT2D eigenvalue weighted by Gasteiger charge is -2.61. The molecule has 4 rings (SSSR count). The van der Waals surface area contributed by atoms with Crippen LogP contribution in [0.25, 0.3) is 0 Å². The minimum atomic E-state index is 0.670. The predicted molar refractivity (Wildman–Crippen MR) is 122 cm³/mol. The van der Waals surface area contributed by atoms with E-state index in [0.717, 1.165) is 47.3 Å². The van der Waals surface area contributed by atoms with Gasteiger partial charge in [-0.25, -0.2) is 0 Å². The van der Waals surface area contributed by atoms with Crippen LogP contribution in [-0.2, 0) is 0 Å². The number of rotatable bonds is 5. The Morgan fingerprint density at radius 1 is 0.786 bits per heavy atom. The van der Waals surface area contributed by atoms with Crippen LogP contribution in [0.4, 0.5) is 0 Å². The molecule has 0 aromatic rings. The third kappa shape index (κ3) is 3.51. The molecule has 0 heteroatoms. The van der Waals surface area contributed by atoms with Crippen LogP contribution in [-0.4, -0.2) is 0 Å². The van der Waals surface area contributed by atoms with Crippen molar-refractivity contribution in [2.24, 2.45) is 58.2 Å². The molecule has 28 heavy (non-hydrogen) atoms. The van der Waals surface area contributed by atoms with Crippen LogP contribution in [0.15, 0.2) is 0 Å². The maximum atomic E-state index is 2.75. The SMILES string of the molecule is CC(C)CCC[C@@H](C)[C@H]1CCC2[C@@H]3CCC4C[C@@H](C)CC[C@]4(C)C3CC[C@@]21C. The molecule has 4 saturated carbocycles. The summed E-state index contributed by atoms with van der Waals surface area (Å²) in [6, 6.07) is 0. The van der Waals surface area contributed by atoms with Gasteiger partial charge in [0.1, 0.15) is 0 Å². The van der Waals surface area contributed by atoms with Gasteiger partial charge in [0.05, 0.1) is 0 Å². The highest BCUT2D eigenvalue weighted by molar-refractivity contribution is 5.09. The van der Waals surface area contributed by atoms with Crippen molar-refractivity contribution in [1.29, 1.82) is 0 Å². The van der Waals surface area contributed by atoms with Crippen molar-refractivity contribution in [2.75, 3.05) is 0 Å². The average Bonchev–Trinajstić information content (AvgIpc) is 2.99. The molecule has 0 saturated heterocycles. The Morgan fingerprint density at radius 3 is 2.25 bits per heavy atom. The standard InChI is InChI=1S/C28H50/c1-19(2)8-7-9-21(4)24-12-13-25-23-11-10-22-18-20(3)14-16-27(22,5)26(23)15-17-28(24,25)6/h19-26H,7-18H2,1-6H3/t20-,21+,22?,23-,24+,25?,26?,27-,28+/m0/s1. The number of hydrogen-bond donors (Lipinski definition) is 0. The molecule has 0 N–H and O–H groups in total. The maximum absolute atomic E-state index is 2.75. The first-order valence-electron chi connectivity index (χ1n) is 13.3. The molecule has 0 nitrogen and oxygen atoms in total. The molecule has 0 aromatic heterocycles. The fraction of sp³-hybridized carbons (Fsp3) is 1.00. The summed E-state index contributed by atoms with van der Waals surface area (Å²) < 4.78 is 0. The zero-order valence-electron chi connectivity index (χ0n) is 20.1. The highest BCUT2D eigenvalue weighted by atomic mass is 14.6. The summed E-state index contributed by atoms with van der Waals surface area (Å²) in [7, 11) is 0. The third-order valence-electron chi connectivity index (χ3n) is 11.1. The van der Waals surface area contributed by atoms with Crippen molar-refractivity contribution in [3.8, 4) is 0 Å². The molecule has 9 atom stereocenters. The van der Waals surface area contributed by atoms with E-state index in [4.69, 9.17) is 0 Å². The Balaban J connectivity index is 1.46. The normalized spacial score (nSPS) is 49.4. The maximum Gasteiger partial charge on any atom is -0.0264 e. The van der Waals surface area contributed by atoms with Crippen LogP contribution in [0.2, 0.25) is 0 Å². The van der Waals surface area contributed by atoms with E-state index in [1.165, 1.54) is 32.1 Å². The summed E-state index contributed by atoms with van der Waals surface area (Å²) in [5.41, 5.74) is 1.36. The molecule has 3 unspecified atom stereocenters. The van der Waals surface area contributed by atoms with E-state index in [1.807, 2.05) is 0 Å². The van der Waals surface area contributed by atoms with E-state index in [2.05, 4.69) is 41.5 Å². The first-order valence-corrected chi connectivity index (χ1v) is 13.3. The zero-order chi connectivity index (χ0) is 20.1. The van der Waals surface area contributed by atoms with Crippen LogP contribution in [0, 0.1) is 58.2 Å². The van der Waals surface area contributed by atoms with Crippen molar-refractivity contribution >= 4 is 0 Å². The number of hydrogen-bond acceptors (Lipinski definition) is 0. The summed E-state index contributed by atoms with van der Waals surface area (Å²) in [5.74, 6) is 8.08. The summed E-state index contributed by atoms with van der Waals surface area (Å²) in [6.07, 6.45) is 18.3. The minimum absolute atomic E-state index is 0.670. The van der Waals surface area contributed by atoms with Crippen molar-refractivity contribution < 1.29 is 0 Å². The second kappa shape index (κ2) is 7.92. The van der Waals surface area contributed by atoms with Gasteiger partial charge in [-0.1, -0.05) is 67.2 Å². The second-order valence-electron chi connectivity index (χ2n) is 13.1. The van der Waals surface area contributed by atoms with Crippen LogP contribution in [0.5, 0.6) is 0 Å². The molecule has 0 aliphatic heterocycles. The molecule has 0 amide bonds. The van der Waals surface area contributed by atoms with E-state index in [9.17, 15) is 0 Å². The highest BCUT2D eigenvalue weighted by Gasteiger charge is 2.60. The van der Waals surface area contributed by atoms with Gasteiger partial charge in [0.15, 0.2) is 0 Å². The lowest BCUT2D eigenvalue weighted by atomic mass is 9.44. The first kappa shape index (κ1) is 21.2. The Kier molecular flexibility index (Phi) is 6.01. The van der Waals surface area contributed by atoms with Gasteiger partial charge in [-0.2, -0.15) is 0 Å². The number of fused-ring (bicyclic) bond motifs is 5. The van der Waals surface area contributed by atoms with Gasteiger partial charge in [0, 0.05) is 0 Å². The zero-order valence-corrected chi connectivity index (χ0v) is 20.1. The Morgan fingerprint density at radius 2 is 1.50 bits per heavy atom. The van der Waals surface area contributed by atoms with Gasteiger partial charge in [-0.05, 0) is 110 Å². The average molecular weight is 387 g/mol.